The number of nitrogens with zero attached hydrogens (tertiary/aromatic N) is 4. The molecule has 5 rings (SSSR count). The van der Waals surface area contributed by atoms with Crippen LogP contribution in [0.5, 0.6) is 0 Å². The summed E-state index contributed by atoms with van der Waals surface area (Å²) in [7, 11) is -3.50. The molecule has 0 spiro atoms. The van der Waals surface area contributed by atoms with Crippen LogP contribution in [-0.4, -0.2) is 59.8 Å². The minimum Gasteiger partial charge on any atom is -0.367 e. The topological polar surface area (TPSA) is 78.4 Å². The van der Waals surface area contributed by atoms with Crippen LogP contribution in [0, 0.1) is 0 Å². The largest absolute Gasteiger partial charge is 0.367 e. The molecule has 1 aliphatic heterocycles. The molecule has 2 heterocycles. The summed E-state index contributed by atoms with van der Waals surface area (Å²) in [5, 5.41) is 4.78. The molecule has 7 nitrogen and oxygen atoms in total. The molecule has 2 aromatic carbocycles. The van der Waals surface area contributed by atoms with Crippen molar-refractivity contribution in [3.63, 3.8) is 0 Å². The van der Waals surface area contributed by atoms with Crippen molar-refractivity contribution in [2.24, 2.45) is 0 Å². The van der Waals surface area contributed by atoms with Gasteiger partial charge in [0.25, 0.3) is 0 Å². The summed E-state index contributed by atoms with van der Waals surface area (Å²) >= 11 is 0. The zero-order valence-electron chi connectivity index (χ0n) is 22.2. The molecular weight excluding hydrogens is 482 g/mol. The van der Waals surface area contributed by atoms with Crippen molar-refractivity contribution in [1.29, 1.82) is 0 Å². The first-order chi connectivity index (χ1) is 17.8. The lowest BCUT2D eigenvalue weighted by Gasteiger charge is -2.37. The van der Waals surface area contributed by atoms with Gasteiger partial charge in [-0.1, -0.05) is 57.4 Å². The minimum absolute atomic E-state index is 0.00769. The number of para-hydroxylation sites is 1. The van der Waals surface area contributed by atoms with E-state index in [4.69, 9.17) is 9.97 Å². The maximum atomic E-state index is 13.3. The lowest BCUT2D eigenvalue weighted by molar-refractivity contribution is 0.141. The first kappa shape index (κ1) is 26.1. The monoisotopic (exact) mass is 521 g/mol. The number of sulfonamides is 1. The molecule has 0 bridgehead atoms. The average Bonchev–Trinajstić information content (AvgIpc) is 2.93. The van der Waals surface area contributed by atoms with Crippen LogP contribution in [0.4, 0.5) is 5.82 Å². The maximum Gasteiger partial charge on any atom is 0.243 e. The van der Waals surface area contributed by atoms with Gasteiger partial charge >= 0.3 is 0 Å². The second-order valence-corrected chi connectivity index (χ2v) is 12.7. The molecule has 8 heteroatoms. The van der Waals surface area contributed by atoms with Crippen molar-refractivity contribution in [3.8, 4) is 0 Å². The number of nitrogens with one attached hydrogen (secondary N) is 1. The standard InChI is InChI=1S/C29H39N5O2S/c1-21(2)23-13-15-25(16-14-23)37(35,36)34-19-17-33(18-20-34)22(3)28-31-27-12-8-7-11-26(27)29(32-28)30-24-9-5-4-6-10-24/h7-8,11-16,21-22,24H,4-6,9-10,17-20H2,1-3H3,(H,30,31,32)/t22-/m0/s1. The third-order valence-electron chi connectivity index (χ3n) is 7.95. The number of aromatic nitrogens is 2. The first-order valence-corrected chi connectivity index (χ1v) is 15.1. The Morgan fingerprint density at radius 2 is 1.54 bits per heavy atom. The smallest absolute Gasteiger partial charge is 0.243 e. The fraction of sp³-hybridized carbons (Fsp3) is 0.517. The van der Waals surface area contributed by atoms with Gasteiger partial charge in [-0.05, 0) is 55.5 Å². The van der Waals surface area contributed by atoms with Crippen LogP contribution >= 0.6 is 0 Å². The van der Waals surface area contributed by atoms with Crippen molar-refractivity contribution in [2.45, 2.75) is 75.8 Å². The van der Waals surface area contributed by atoms with E-state index < -0.39 is 10.0 Å². The number of benzene rings is 2. The van der Waals surface area contributed by atoms with E-state index in [1.165, 1.54) is 32.1 Å². The number of rotatable bonds is 7. The second-order valence-electron chi connectivity index (χ2n) is 10.8. The van der Waals surface area contributed by atoms with Crippen molar-refractivity contribution in [3.05, 3.63) is 59.9 Å². The van der Waals surface area contributed by atoms with Crippen LogP contribution < -0.4 is 5.32 Å². The highest BCUT2D eigenvalue weighted by Crippen LogP contribution is 2.29. The van der Waals surface area contributed by atoms with E-state index in [2.05, 4.69) is 37.1 Å². The Hall–Kier alpha value is -2.55. The fourth-order valence-corrected chi connectivity index (χ4v) is 6.92. The zero-order valence-corrected chi connectivity index (χ0v) is 23.0. The molecule has 1 aromatic heterocycles. The molecule has 1 saturated carbocycles. The number of hydrogen-bond acceptors (Lipinski definition) is 6. The SMILES string of the molecule is CC(C)c1ccc(S(=O)(=O)N2CCN([C@@H](C)c3nc(NC4CCCCC4)c4ccccc4n3)CC2)cc1. The lowest BCUT2D eigenvalue weighted by Crippen LogP contribution is -2.49. The van der Waals surface area contributed by atoms with E-state index in [1.807, 2.05) is 30.3 Å². The van der Waals surface area contributed by atoms with Crippen molar-refractivity contribution in [1.82, 2.24) is 19.2 Å². The predicted molar refractivity (Wildman–Crippen MR) is 149 cm³/mol. The Balaban J connectivity index is 1.30. The Kier molecular flexibility index (Phi) is 7.79. The Labute approximate surface area is 221 Å². The molecule has 1 saturated heterocycles. The van der Waals surface area contributed by atoms with Crippen LogP contribution in [0.15, 0.2) is 53.4 Å². The number of fused-ring (bicyclic) bond motifs is 1. The summed E-state index contributed by atoms with van der Waals surface area (Å²) in [6.45, 7) is 8.55. The summed E-state index contributed by atoms with van der Waals surface area (Å²) in [5.41, 5.74) is 2.09. The lowest BCUT2D eigenvalue weighted by atomic mass is 9.95. The molecule has 1 N–H and O–H groups in total. The number of piperazine rings is 1. The highest BCUT2D eigenvalue weighted by Gasteiger charge is 2.31. The summed E-state index contributed by atoms with van der Waals surface area (Å²) < 4.78 is 28.1. The summed E-state index contributed by atoms with van der Waals surface area (Å²) in [4.78, 5) is 12.6. The maximum absolute atomic E-state index is 13.3. The summed E-state index contributed by atoms with van der Waals surface area (Å²) in [5.74, 6) is 2.08. The highest BCUT2D eigenvalue weighted by molar-refractivity contribution is 7.89. The molecule has 3 aromatic rings. The fourth-order valence-electron chi connectivity index (χ4n) is 5.50. The molecule has 0 unspecified atom stereocenters. The number of anilines is 1. The molecule has 198 valence electrons. The zero-order chi connectivity index (χ0) is 26.0. The van der Waals surface area contributed by atoms with E-state index in [-0.39, 0.29) is 6.04 Å². The van der Waals surface area contributed by atoms with Crippen molar-refractivity contribution < 1.29 is 8.42 Å². The summed E-state index contributed by atoms with van der Waals surface area (Å²) in [6.07, 6.45) is 6.20. The molecule has 37 heavy (non-hydrogen) atoms. The predicted octanol–water partition coefficient (Wildman–Crippen LogP) is 5.57. The van der Waals surface area contributed by atoms with Gasteiger partial charge in [0.15, 0.2) is 0 Å². The average molecular weight is 522 g/mol. The number of hydrogen-bond donors (Lipinski definition) is 1. The first-order valence-electron chi connectivity index (χ1n) is 13.7. The van der Waals surface area contributed by atoms with Gasteiger partial charge in [-0.25, -0.2) is 18.4 Å². The van der Waals surface area contributed by atoms with Gasteiger partial charge in [-0.2, -0.15) is 4.31 Å². The third-order valence-corrected chi connectivity index (χ3v) is 9.86. The molecule has 0 radical (unpaired) electrons. The Morgan fingerprint density at radius 1 is 0.865 bits per heavy atom. The van der Waals surface area contributed by atoms with Crippen LogP contribution in [0.1, 0.15) is 76.2 Å². The van der Waals surface area contributed by atoms with E-state index in [1.54, 1.807) is 16.4 Å². The van der Waals surface area contributed by atoms with Gasteiger partial charge in [0.2, 0.25) is 10.0 Å². The molecule has 0 amide bonds. The van der Waals surface area contributed by atoms with Gasteiger partial charge in [0.05, 0.1) is 16.5 Å². The second kappa shape index (κ2) is 11.1. The van der Waals surface area contributed by atoms with Gasteiger partial charge < -0.3 is 5.32 Å². The van der Waals surface area contributed by atoms with Crippen LogP contribution in [-0.2, 0) is 10.0 Å². The van der Waals surface area contributed by atoms with E-state index in [0.29, 0.717) is 43.0 Å². The van der Waals surface area contributed by atoms with Gasteiger partial charge in [-0.3, -0.25) is 4.90 Å². The quantitative estimate of drug-likeness (QED) is 0.438. The van der Waals surface area contributed by atoms with Gasteiger partial charge in [-0.15, -0.1) is 0 Å². The van der Waals surface area contributed by atoms with Crippen molar-refractivity contribution >= 4 is 26.7 Å². The molecular formula is C29H39N5O2S. The third kappa shape index (κ3) is 5.66. The summed E-state index contributed by atoms with van der Waals surface area (Å²) in [6, 6.07) is 16.0. The van der Waals surface area contributed by atoms with Crippen LogP contribution in [0.3, 0.4) is 0 Å². The van der Waals surface area contributed by atoms with E-state index >= 15 is 0 Å². The molecule has 1 atom stereocenters. The molecule has 2 fully saturated rings. The molecule has 2 aliphatic rings. The normalized spacial score (nSPS) is 19.4. The Bertz CT molecular complexity index is 1310. The molecule has 1 aliphatic carbocycles. The van der Waals surface area contributed by atoms with E-state index in [9.17, 15) is 8.42 Å². The minimum atomic E-state index is -3.50. The van der Waals surface area contributed by atoms with Crippen LogP contribution in [0.2, 0.25) is 0 Å². The highest BCUT2D eigenvalue weighted by atomic mass is 32.2. The van der Waals surface area contributed by atoms with Gasteiger partial charge in [0.1, 0.15) is 11.6 Å². The van der Waals surface area contributed by atoms with Crippen LogP contribution in [0.25, 0.3) is 10.9 Å². The van der Waals surface area contributed by atoms with Crippen molar-refractivity contribution in [2.75, 3.05) is 31.5 Å². The van der Waals surface area contributed by atoms with E-state index in [0.717, 1.165) is 28.1 Å². The Morgan fingerprint density at radius 3 is 2.22 bits per heavy atom. The van der Waals surface area contributed by atoms with Gasteiger partial charge in [0, 0.05) is 37.6 Å².